The van der Waals surface area contributed by atoms with Gasteiger partial charge in [0.2, 0.25) is 11.8 Å². The van der Waals surface area contributed by atoms with Gasteiger partial charge in [0.25, 0.3) is 0 Å². The van der Waals surface area contributed by atoms with Gasteiger partial charge in [-0.05, 0) is 19.4 Å². The minimum atomic E-state index is -0.606. The fourth-order valence-electron chi connectivity index (χ4n) is 2.48. The summed E-state index contributed by atoms with van der Waals surface area (Å²) in [5.74, 6) is -0.164. The van der Waals surface area contributed by atoms with Crippen molar-refractivity contribution in [2.45, 2.75) is 32.4 Å². The smallest absolute Gasteiger partial charge is 0.250 e. The Morgan fingerprint density at radius 1 is 1.33 bits per heavy atom. The van der Waals surface area contributed by atoms with Crippen molar-refractivity contribution in [3.05, 3.63) is 35.9 Å². The van der Waals surface area contributed by atoms with Crippen LogP contribution in [0.15, 0.2) is 30.3 Å². The number of hydrogen-bond donors (Lipinski definition) is 1. The van der Waals surface area contributed by atoms with Crippen molar-refractivity contribution in [3.8, 4) is 0 Å². The van der Waals surface area contributed by atoms with Crippen LogP contribution < -0.4 is 5.32 Å². The van der Waals surface area contributed by atoms with E-state index in [1.54, 1.807) is 4.90 Å². The van der Waals surface area contributed by atoms with Crippen molar-refractivity contribution >= 4 is 11.8 Å². The number of amides is 2. The van der Waals surface area contributed by atoms with Crippen molar-refractivity contribution in [3.63, 3.8) is 0 Å². The standard InChI is InChI=1S/C16H22N2O3/c1-3-21-11-12(2)18-10-9-14(19)17-15(16(18)20)13-7-5-4-6-8-13/h4-8,12,15H,3,9-11H2,1-2H3,(H,17,19). The molecule has 1 aliphatic heterocycles. The van der Waals surface area contributed by atoms with Gasteiger partial charge in [0.15, 0.2) is 0 Å². The van der Waals surface area contributed by atoms with Crippen molar-refractivity contribution in [2.75, 3.05) is 19.8 Å². The highest BCUT2D eigenvalue weighted by atomic mass is 16.5. The molecule has 1 heterocycles. The average molecular weight is 290 g/mol. The van der Waals surface area contributed by atoms with E-state index in [2.05, 4.69) is 5.32 Å². The number of rotatable bonds is 5. The Morgan fingerprint density at radius 3 is 2.71 bits per heavy atom. The molecule has 2 unspecified atom stereocenters. The molecule has 0 aromatic heterocycles. The summed E-state index contributed by atoms with van der Waals surface area (Å²) in [4.78, 5) is 26.4. The molecule has 1 aliphatic rings. The summed E-state index contributed by atoms with van der Waals surface area (Å²) in [6.45, 7) is 5.41. The van der Waals surface area contributed by atoms with E-state index in [-0.39, 0.29) is 17.9 Å². The maximum Gasteiger partial charge on any atom is 0.250 e. The van der Waals surface area contributed by atoms with Gasteiger partial charge in [0, 0.05) is 19.6 Å². The SMILES string of the molecule is CCOCC(C)N1CCC(=O)NC(c2ccccc2)C1=O. The minimum absolute atomic E-state index is 0.0450. The Balaban J connectivity index is 2.20. The molecule has 1 aromatic rings. The van der Waals surface area contributed by atoms with Gasteiger partial charge in [0.1, 0.15) is 6.04 Å². The summed E-state index contributed by atoms with van der Waals surface area (Å²) >= 11 is 0. The van der Waals surface area contributed by atoms with E-state index >= 15 is 0 Å². The molecule has 0 bridgehead atoms. The average Bonchev–Trinajstić information content (AvgIpc) is 2.65. The van der Waals surface area contributed by atoms with E-state index in [1.165, 1.54) is 0 Å². The van der Waals surface area contributed by atoms with Gasteiger partial charge in [-0.25, -0.2) is 0 Å². The molecule has 0 spiro atoms. The molecular weight excluding hydrogens is 268 g/mol. The van der Waals surface area contributed by atoms with E-state index < -0.39 is 6.04 Å². The van der Waals surface area contributed by atoms with Gasteiger partial charge in [0.05, 0.1) is 12.6 Å². The Hall–Kier alpha value is -1.88. The van der Waals surface area contributed by atoms with E-state index in [4.69, 9.17) is 4.74 Å². The van der Waals surface area contributed by atoms with E-state index in [1.807, 2.05) is 44.2 Å². The second kappa shape index (κ2) is 7.22. The van der Waals surface area contributed by atoms with Crippen LogP contribution in [-0.4, -0.2) is 42.5 Å². The van der Waals surface area contributed by atoms with E-state index in [0.717, 1.165) is 5.56 Å². The van der Waals surface area contributed by atoms with E-state index in [9.17, 15) is 9.59 Å². The zero-order chi connectivity index (χ0) is 15.2. The van der Waals surface area contributed by atoms with Crippen LogP contribution in [0.3, 0.4) is 0 Å². The molecule has 1 fully saturated rings. The summed E-state index contributed by atoms with van der Waals surface area (Å²) < 4.78 is 5.41. The van der Waals surface area contributed by atoms with E-state index in [0.29, 0.717) is 26.2 Å². The minimum Gasteiger partial charge on any atom is -0.380 e. The summed E-state index contributed by atoms with van der Waals surface area (Å²) in [6, 6.07) is 8.70. The topological polar surface area (TPSA) is 58.6 Å². The van der Waals surface area contributed by atoms with Crippen LogP contribution in [0.5, 0.6) is 0 Å². The van der Waals surface area contributed by atoms with Crippen LogP contribution in [0.4, 0.5) is 0 Å². The molecule has 21 heavy (non-hydrogen) atoms. The third-order valence-corrected chi connectivity index (χ3v) is 3.64. The zero-order valence-corrected chi connectivity index (χ0v) is 12.5. The summed E-state index contributed by atoms with van der Waals surface area (Å²) in [6.07, 6.45) is 0.325. The lowest BCUT2D eigenvalue weighted by Crippen LogP contribution is -2.44. The first-order valence-corrected chi connectivity index (χ1v) is 7.36. The van der Waals surface area contributed by atoms with Crippen LogP contribution in [0.25, 0.3) is 0 Å². The number of benzene rings is 1. The zero-order valence-electron chi connectivity index (χ0n) is 12.5. The third-order valence-electron chi connectivity index (χ3n) is 3.64. The molecule has 2 amide bonds. The van der Waals surface area contributed by atoms with Crippen LogP contribution in [0.1, 0.15) is 31.9 Å². The lowest BCUT2D eigenvalue weighted by atomic mass is 10.1. The molecule has 2 rings (SSSR count). The first kappa shape index (κ1) is 15.5. The molecule has 5 heteroatoms. The number of carbonyl (C=O) groups excluding carboxylic acids is 2. The van der Waals surface area contributed by atoms with Gasteiger partial charge in [-0.1, -0.05) is 30.3 Å². The van der Waals surface area contributed by atoms with Crippen molar-refractivity contribution in [2.24, 2.45) is 0 Å². The molecule has 114 valence electrons. The summed E-state index contributed by atoms with van der Waals surface area (Å²) in [5, 5.41) is 2.81. The lowest BCUT2D eigenvalue weighted by Gasteiger charge is -2.29. The largest absolute Gasteiger partial charge is 0.380 e. The number of nitrogens with one attached hydrogen (secondary N) is 1. The Bertz CT molecular complexity index is 490. The molecule has 0 aliphatic carbocycles. The van der Waals surface area contributed by atoms with Crippen LogP contribution >= 0.6 is 0 Å². The molecular formula is C16H22N2O3. The molecule has 0 saturated carbocycles. The quantitative estimate of drug-likeness (QED) is 0.894. The predicted molar refractivity (Wildman–Crippen MR) is 79.6 cm³/mol. The van der Waals surface area contributed by atoms with Crippen molar-refractivity contribution in [1.82, 2.24) is 10.2 Å². The summed E-state index contributed by atoms with van der Waals surface area (Å²) in [7, 11) is 0. The predicted octanol–water partition coefficient (Wildman–Crippen LogP) is 1.50. The fourth-order valence-corrected chi connectivity index (χ4v) is 2.48. The molecule has 5 nitrogen and oxygen atoms in total. The Morgan fingerprint density at radius 2 is 2.05 bits per heavy atom. The molecule has 1 aromatic carbocycles. The molecule has 0 radical (unpaired) electrons. The van der Waals surface area contributed by atoms with Gasteiger partial charge < -0.3 is 15.0 Å². The first-order valence-electron chi connectivity index (χ1n) is 7.36. The number of nitrogens with zero attached hydrogens (tertiary/aromatic N) is 1. The van der Waals surface area contributed by atoms with Gasteiger partial charge in [-0.15, -0.1) is 0 Å². The normalized spacial score (nSPS) is 20.9. The Labute approximate surface area is 125 Å². The second-order valence-electron chi connectivity index (χ2n) is 5.20. The highest BCUT2D eigenvalue weighted by Gasteiger charge is 2.33. The summed E-state index contributed by atoms with van der Waals surface area (Å²) in [5.41, 5.74) is 0.811. The maximum atomic E-state index is 12.8. The Kier molecular flexibility index (Phi) is 5.33. The molecule has 1 saturated heterocycles. The second-order valence-corrected chi connectivity index (χ2v) is 5.20. The number of hydrogen-bond acceptors (Lipinski definition) is 3. The first-order chi connectivity index (χ1) is 10.1. The van der Waals surface area contributed by atoms with Gasteiger partial charge >= 0.3 is 0 Å². The maximum absolute atomic E-state index is 12.8. The van der Waals surface area contributed by atoms with Crippen LogP contribution in [0, 0.1) is 0 Å². The van der Waals surface area contributed by atoms with Gasteiger partial charge in [-0.3, -0.25) is 9.59 Å². The highest BCUT2D eigenvalue weighted by Crippen LogP contribution is 2.20. The van der Waals surface area contributed by atoms with Crippen molar-refractivity contribution < 1.29 is 14.3 Å². The lowest BCUT2D eigenvalue weighted by molar-refractivity contribution is -0.136. The third kappa shape index (κ3) is 3.82. The van der Waals surface area contributed by atoms with Crippen LogP contribution in [0.2, 0.25) is 0 Å². The highest BCUT2D eigenvalue weighted by molar-refractivity contribution is 5.91. The number of ether oxygens (including phenoxy) is 1. The van der Waals surface area contributed by atoms with Crippen LogP contribution in [-0.2, 0) is 14.3 Å². The van der Waals surface area contributed by atoms with Gasteiger partial charge in [-0.2, -0.15) is 0 Å². The molecule has 2 atom stereocenters. The fraction of sp³-hybridized carbons (Fsp3) is 0.500. The number of carbonyl (C=O) groups is 2. The van der Waals surface area contributed by atoms with Crippen molar-refractivity contribution in [1.29, 1.82) is 0 Å². The molecule has 1 N–H and O–H groups in total. The monoisotopic (exact) mass is 290 g/mol.